The van der Waals surface area contributed by atoms with E-state index in [1.165, 1.54) is 0 Å². The average Bonchev–Trinajstić information content (AvgIpc) is 2.70. The molecule has 0 radical (unpaired) electrons. The number of nitrogens with zero attached hydrogens (tertiary/aromatic N) is 2. The van der Waals surface area contributed by atoms with Gasteiger partial charge in [-0.1, -0.05) is 0 Å². The van der Waals surface area contributed by atoms with E-state index in [-0.39, 0.29) is 11.8 Å². The molecule has 1 fully saturated rings. The molecule has 1 unspecified atom stereocenters. The Labute approximate surface area is 88.6 Å². The summed E-state index contributed by atoms with van der Waals surface area (Å²) in [4.78, 5) is 11.3. The van der Waals surface area contributed by atoms with E-state index in [9.17, 15) is 4.79 Å². The molecule has 5 nitrogen and oxygen atoms in total. The van der Waals surface area contributed by atoms with Crippen LogP contribution in [-0.4, -0.2) is 22.2 Å². The lowest BCUT2D eigenvalue weighted by atomic mass is 10.0. The van der Waals surface area contributed by atoms with E-state index in [1.54, 1.807) is 0 Å². The number of carbonyl (C=O) groups is 1. The number of rotatable bonds is 3. The van der Waals surface area contributed by atoms with Gasteiger partial charge in [-0.3, -0.25) is 9.48 Å². The molecule has 0 bridgehead atoms. The Balaban J connectivity index is 1.92. The quantitative estimate of drug-likeness (QED) is 0.750. The molecule has 2 heterocycles. The maximum atomic E-state index is 11.3. The van der Waals surface area contributed by atoms with E-state index < -0.39 is 0 Å². The summed E-state index contributed by atoms with van der Waals surface area (Å²) in [6.07, 6.45) is 1.78. The van der Waals surface area contributed by atoms with Crippen molar-refractivity contribution in [3.8, 4) is 0 Å². The van der Waals surface area contributed by atoms with Crippen molar-refractivity contribution in [2.45, 2.75) is 26.3 Å². The molecule has 0 aromatic carbocycles. The molecule has 1 aliphatic heterocycles. The Kier molecular flexibility index (Phi) is 2.62. The van der Waals surface area contributed by atoms with Crippen molar-refractivity contribution >= 4 is 11.7 Å². The van der Waals surface area contributed by atoms with Crippen LogP contribution in [0.2, 0.25) is 0 Å². The third-order valence-electron chi connectivity index (χ3n) is 2.85. The van der Waals surface area contributed by atoms with Gasteiger partial charge in [-0.25, -0.2) is 0 Å². The van der Waals surface area contributed by atoms with E-state index in [0.29, 0.717) is 5.82 Å². The lowest BCUT2D eigenvalue weighted by molar-refractivity contribution is -0.122. The summed E-state index contributed by atoms with van der Waals surface area (Å²) in [7, 11) is 0. The highest BCUT2D eigenvalue weighted by molar-refractivity contribution is 5.80. The normalized spacial score (nSPS) is 20.6. The Hall–Kier alpha value is -1.52. The summed E-state index contributed by atoms with van der Waals surface area (Å²) >= 11 is 0. The standard InChI is InChI=1S/C10H16N4O/c1-7-6-9(11)13-14(7)5-3-8-2-4-12-10(8)15/h6,8H,2-5H2,1H3,(H2,11,13)(H,12,15). The predicted octanol–water partition coefficient (Wildman–Crippen LogP) is 0.300. The molecule has 0 aliphatic carbocycles. The lowest BCUT2D eigenvalue weighted by Gasteiger charge is -2.07. The van der Waals surface area contributed by atoms with Crippen LogP contribution in [0.3, 0.4) is 0 Å². The number of aryl methyl sites for hydroxylation is 2. The van der Waals surface area contributed by atoms with Gasteiger partial charge in [0.2, 0.25) is 5.91 Å². The smallest absolute Gasteiger partial charge is 0.223 e. The monoisotopic (exact) mass is 208 g/mol. The Morgan fingerprint density at radius 1 is 1.73 bits per heavy atom. The van der Waals surface area contributed by atoms with Gasteiger partial charge in [0, 0.05) is 30.8 Å². The summed E-state index contributed by atoms with van der Waals surface area (Å²) in [5, 5.41) is 6.99. The Morgan fingerprint density at radius 3 is 3.07 bits per heavy atom. The van der Waals surface area contributed by atoms with E-state index in [4.69, 9.17) is 5.73 Å². The SMILES string of the molecule is Cc1cc(N)nn1CCC1CCNC1=O. The summed E-state index contributed by atoms with van der Waals surface area (Å²) in [5.41, 5.74) is 6.63. The highest BCUT2D eigenvalue weighted by Gasteiger charge is 2.23. The van der Waals surface area contributed by atoms with Gasteiger partial charge in [-0.05, 0) is 19.8 Å². The average molecular weight is 208 g/mol. The number of amides is 1. The number of nitrogen functional groups attached to an aromatic ring is 1. The van der Waals surface area contributed by atoms with Crippen LogP contribution in [0.5, 0.6) is 0 Å². The minimum Gasteiger partial charge on any atom is -0.382 e. The van der Waals surface area contributed by atoms with Crippen molar-refractivity contribution in [3.05, 3.63) is 11.8 Å². The Morgan fingerprint density at radius 2 is 2.53 bits per heavy atom. The number of carbonyl (C=O) groups excluding carboxylic acids is 1. The van der Waals surface area contributed by atoms with Crippen LogP contribution in [-0.2, 0) is 11.3 Å². The molecule has 1 aromatic heterocycles. The van der Waals surface area contributed by atoms with Crippen molar-refractivity contribution in [2.75, 3.05) is 12.3 Å². The summed E-state index contributed by atoms with van der Waals surface area (Å²) in [5.74, 6) is 0.867. The summed E-state index contributed by atoms with van der Waals surface area (Å²) in [6, 6.07) is 1.84. The fourth-order valence-electron chi connectivity index (χ4n) is 1.96. The van der Waals surface area contributed by atoms with Crippen molar-refractivity contribution < 1.29 is 4.79 Å². The largest absolute Gasteiger partial charge is 0.382 e. The van der Waals surface area contributed by atoms with Crippen molar-refractivity contribution in [2.24, 2.45) is 5.92 Å². The molecular formula is C10H16N4O. The van der Waals surface area contributed by atoms with Gasteiger partial charge in [-0.15, -0.1) is 0 Å². The maximum absolute atomic E-state index is 11.3. The number of anilines is 1. The molecule has 5 heteroatoms. The van der Waals surface area contributed by atoms with Gasteiger partial charge < -0.3 is 11.1 Å². The molecule has 15 heavy (non-hydrogen) atoms. The van der Waals surface area contributed by atoms with Crippen LogP contribution in [0, 0.1) is 12.8 Å². The number of nitrogens with two attached hydrogens (primary N) is 1. The van der Waals surface area contributed by atoms with Crippen molar-refractivity contribution in [1.29, 1.82) is 0 Å². The molecule has 0 spiro atoms. The fraction of sp³-hybridized carbons (Fsp3) is 0.600. The zero-order valence-electron chi connectivity index (χ0n) is 8.86. The minimum absolute atomic E-state index is 0.148. The maximum Gasteiger partial charge on any atom is 0.223 e. The van der Waals surface area contributed by atoms with Gasteiger partial charge in [0.15, 0.2) is 0 Å². The highest BCUT2D eigenvalue weighted by atomic mass is 16.2. The van der Waals surface area contributed by atoms with Crippen LogP contribution in [0.1, 0.15) is 18.5 Å². The number of hydrogen-bond acceptors (Lipinski definition) is 3. The zero-order chi connectivity index (χ0) is 10.8. The van der Waals surface area contributed by atoms with Crippen LogP contribution < -0.4 is 11.1 Å². The molecule has 3 N–H and O–H groups in total. The van der Waals surface area contributed by atoms with Gasteiger partial charge >= 0.3 is 0 Å². The first-order valence-electron chi connectivity index (χ1n) is 5.24. The fourth-order valence-corrected chi connectivity index (χ4v) is 1.96. The predicted molar refractivity (Wildman–Crippen MR) is 57.1 cm³/mol. The van der Waals surface area contributed by atoms with Gasteiger partial charge in [0.05, 0.1) is 0 Å². The second-order valence-electron chi connectivity index (χ2n) is 4.00. The third-order valence-corrected chi connectivity index (χ3v) is 2.85. The second-order valence-corrected chi connectivity index (χ2v) is 4.00. The molecule has 1 aromatic rings. The molecule has 1 amide bonds. The second kappa shape index (κ2) is 3.92. The number of nitrogens with one attached hydrogen (secondary N) is 1. The van der Waals surface area contributed by atoms with E-state index >= 15 is 0 Å². The number of hydrogen-bond donors (Lipinski definition) is 2. The van der Waals surface area contributed by atoms with Crippen LogP contribution in [0.4, 0.5) is 5.82 Å². The topological polar surface area (TPSA) is 72.9 Å². The molecule has 0 saturated carbocycles. The first-order chi connectivity index (χ1) is 7.16. The molecular weight excluding hydrogens is 192 g/mol. The molecule has 1 atom stereocenters. The number of aromatic nitrogens is 2. The molecule has 82 valence electrons. The minimum atomic E-state index is 0.148. The van der Waals surface area contributed by atoms with Crippen LogP contribution in [0.15, 0.2) is 6.07 Å². The summed E-state index contributed by atoms with van der Waals surface area (Å²) < 4.78 is 1.86. The lowest BCUT2D eigenvalue weighted by Crippen LogP contribution is -2.20. The molecule has 1 aliphatic rings. The van der Waals surface area contributed by atoms with Gasteiger partial charge in [0.25, 0.3) is 0 Å². The van der Waals surface area contributed by atoms with Crippen molar-refractivity contribution in [3.63, 3.8) is 0 Å². The molecule has 2 rings (SSSR count). The van der Waals surface area contributed by atoms with Crippen LogP contribution in [0.25, 0.3) is 0 Å². The van der Waals surface area contributed by atoms with E-state index in [2.05, 4.69) is 10.4 Å². The zero-order valence-corrected chi connectivity index (χ0v) is 8.86. The van der Waals surface area contributed by atoms with Gasteiger partial charge in [0.1, 0.15) is 5.82 Å². The summed E-state index contributed by atoms with van der Waals surface area (Å²) in [6.45, 7) is 3.54. The molecule has 1 saturated heterocycles. The first kappa shape index (κ1) is 10.0. The highest BCUT2D eigenvalue weighted by Crippen LogP contribution is 2.15. The Bertz CT molecular complexity index is 371. The van der Waals surface area contributed by atoms with E-state index in [0.717, 1.165) is 31.6 Å². The van der Waals surface area contributed by atoms with E-state index in [1.807, 2.05) is 17.7 Å². The van der Waals surface area contributed by atoms with Gasteiger partial charge in [-0.2, -0.15) is 5.10 Å². The third kappa shape index (κ3) is 2.11. The van der Waals surface area contributed by atoms with Crippen molar-refractivity contribution in [1.82, 2.24) is 15.1 Å². The van der Waals surface area contributed by atoms with Crippen LogP contribution >= 0.6 is 0 Å². The first-order valence-corrected chi connectivity index (χ1v) is 5.24.